The normalized spacial score (nSPS) is 18.3. The molecule has 0 saturated carbocycles. The molecule has 1 saturated heterocycles. The summed E-state index contributed by atoms with van der Waals surface area (Å²) in [6.07, 6.45) is -0.417. The van der Waals surface area contributed by atoms with Crippen molar-refractivity contribution >= 4 is 16.7 Å². The molecule has 0 radical (unpaired) electrons. The molecule has 8 heteroatoms. The lowest BCUT2D eigenvalue weighted by atomic mass is 10.1. The Hall–Kier alpha value is -2.25. The smallest absolute Gasteiger partial charge is 0.332 e. The van der Waals surface area contributed by atoms with Crippen molar-refractivity contribution in [2.24, 2.45) is 20.0 Å². The minimum atomic E-state index is -2.37. The summed E-state index contributed by atoms with van der Waals surface area (Å²) in [7, 11) is 2.95. The van der Waals surface area contributed by atoms with Gasteiger partial charge in [-0.05, 0) is 18.9 Å². The van der Waals surface area contributed by atoms with Crippen LogP contribution < -0.4 is 16.1 Å². The summed E-state index contributed by atoms with van der Waals surface area (Å²) in [6.45, 7) is 2.45. The molecule has 2 aromatic heterocycles. The molecule has 0 amide bonds. The molecular formula is C15H18F2N4O2. The third kappa shape index (κ3) is 2.32. The first-order valence-electron chi connectivity index (χ1n) is 7.41. The highest BCUT2D eigenvalue weighted by Gasteiger charge is 2.32. The van der Waals surface area contributed by atoms with Crippen LogP contribution in [0.1, 0.15) is 12.0 Å². The van der Waals surface area contributed by atoms with Gasteiger partial charge in [-0.25, -0.2) is 18.6 Å². The summed E-state index contributed by atoms with van der Waals surface area (Å²) in [6, 6.07) is 0. The second-order valence-corrected chi connectivity index (χ2v) is 6.02. The highest BCUT2D eigenvalue weighted by molar-refractivity contribution is 5.90. The first kappa shape index (κ1) is 15.6. The van der Waals surface area contributed by atoms with Crippen molar-refractivity contribution in [1.82, 2.24) is 14.1 Å². The second-order valence-electron chi connectivity index (χ2n) is 6.02. The van der Waals surface area contributed by atoms with Gasteiger partial charge in [0.1, 0.15) is 5.39 Å². The van der Waals surface area contributed by atoms with Crippen LogP contribution in [-0.2, 0) is 14.1 Å². The molecule has 0 aliphatic carbocycles. The standard InChI is InChI=1S/C15H18F2N4O2/c1-8-6-18-13-10(14(22)20(3)15(23)19(13)2)11(8)21-5-4-9(7-21)12(16)17/h6,9,12H,4-5,7H2,1-3H3. The van der Waals surface area contributed by atoms with Gasteiger partial charge in [-0.3, -0.25) is 13.9 Å². The number of aryl methyl sites for hydroxylation is 2. The fraction of sp³-hybridized carbons (Fsp3) is 0.533. The van der Waals surface area contributed by atoms with Crippen molar-refractivity contribution in [2.75, 3.05) is 18.0 Å². The SMILES string of the molecule is Cc1cnc2c(c1N1CCC(C(F)F)C1)c(=O)n(C)c(=O)n2C. The van der Waals surface area contributed by atoms with Crippen LogP contribution in [0.5, 0.6) is 0 Å². The van der Waals surface area contributed by atoms with Crippen molar-refractivity contribution in [2.45, 2.75) is 19.8 Å². The molecule has 1 aliphatic rings. The van der Waals surface area contributed by atoms with E-state index in [4.69, 9.17) is 0 Å². The van der Waals surface area contributed by atoms with Crippen LogP contribution in [0.3, 0.4) is 0 Å². The third-order valence-corrected chi connectivity index (χ3v) is 4.52. The topological polar surface area (TPSA) is 60.1 Å². The molecule has 6 nitrogen and oxygen atoms in total. The van der Waals surface area contributed by atoms with Gasteiger partial charge in [0.25, 0.3) is 5.56 Å². The van der Waals surface area contributed by atoms with Crippen molar-refractivity contribution in [3.63, 3.8) is 0 Å². The Morgan fingerprint density at radius 2 is 1.96 bits per heavy atom. The fourth-order valence-corrected chi connectivity index (χ4v) is 3.21. The van der Waals surface area contributed by atoms with Gasteiger partial charge in [0.05, 0.1) is 5.69 Å². The van der Waals surface area contributed by atoms with Gasteiger partial charge in [-0.1, -0.05) is 0 Å². The molecule has 1 fully saturated rings. The number of aromatic nitrogens is 3. The predicted octanol–water partition coefficient (Wildman–Crippen LogP) is 1.03. The monoisotopic (exact) mass is 324 g/mol. The first-order valence-corrected chi connectivity index (χ1v) is 7.41. The summed E-state index contributed by atoms with van der Waals surface area (Å²) in [4.78, 5) is 30.6. The number of halogens is 2. The average Bonchev–Trinajstić information content (AvgIpc) is 3.00. The van der Waals surface area contributed by atoms with E-state index in [1.165, 1.54) is 11.6 Å². The second kappa shape index (κ2) is 5.43. The van der Waals surface area contributed by atoms with E-state index >= 15 is 0 Å². The number of nitrogens with zero attached hydrogens (tertiary/aromatic N) is 4. The number of fused-ring (bicyclic) bond motifs is 1. The lowest BCUT2D eigenvalue weighted by Gasteiger charge is -2.23. The summed E-state index contributed by atoms with van der Waals surface area (Å²) in [5.41, 5.74) is 0.711. The van der Waals surface area contributed by atoms with E-state index in [1.807, 2.05) is 4.90 Å². The zero-order valence-corrected chi connectivity index (χ0v) is 13.2. The van der Waals surface area contributed by atoms with E-state index in [2.05, 4.69) is 4.98 Å². The number of alkyl halides is 2. The Kier molecular flexibility index (Phi) is 3.69. The van der Waals surface area contributed by atoms with Crippen LogP contribution in [-0.4, -0.2) is 33.6 Å². The maximum atomic E-state index is 13.0. The molecule has 23 heavy (non-hydrogen) atoms. The lowest BCUT2D eigenvalue weighted by Crippen LogP contribution is -2.38. The fourth-order valence-electron chi connectivity index (χ4n) is 3.21. The maximum absolute atomic E-state index is 13.0. The van der Waals surface area contributed by atoms with Crippen molar-refractivity contribution in [3.8, 4) is 0 Å². The molecule has 2 aromatic rings. The Labute approximate surface area is 131 Å². The Bertz CT molecular complexity index is 888. The van der Waals surface area contributed by atoms with Crippen LogP contribution >= 0.6 is 0 Å². The van der Waals surface area contributed by atoms with E-state index in [9.17, 15) is 18.4 Å². The molecule has 0 bridgehead atoms. The minimum Gasteiger partial charge on any atom is -0.370 e. The van der Waals surface area contributed by atoms with Gasteiger partial charge < -0.3 is 4.90 Å². The van der Waals surface area contributed by atoms with Gasteiger partial charge in [0.15, 0.2) is 5.65 Å². The number of anilines is 1. The Balaban J connectivity index is 2.27. The molecule has 0 spiro atoms. The minimum absolute atomic E-state index is 0.198. The van der Waals surface area contributed by atoms with Crippen molar-refractivity contribution in [3.05, 3.63) is 32.6 Å². The molecule has 3 heterocycles. The van der Waals surface area contributed by atoms with E-state index in [-0.39, 0.29) is 12.2 Å². The van der Waals surface area contributed by atoms with Gasteiger partial charge >= 0.3 is 5.69 Å². The van der Waals surface area contributed by atoms with Crippen LogP contribution in [0.2, 0.25) is 0 Å². The number of rotatable bonds is 2. The molecule has 0 N–H and O–H groups in total. The van der Waals surface area contributed by atoms with Gasteiger partial charge in [0, 0.05) is 39.3 Å². The molecule has 1 unspecified atom stereocenters. The van der Waals surface area contributed by atoms with Gasteiger partial charge in [-0.2, -0.15) is 0 Å². The summed E-state index contributed by atoms with van der Waals surface area (Å²) in [5, 5.41) is 0.310. The summed E-state index contributed by atoms with van der Waals surface area (Å²) in [5.74, 6) is -0.700. The maximum Gasteiger partial charge on any atom is 0.332 e. The van der Waals surface area contributed by atoms with Gasteiger partial charge in [0.2, 0.25) is 6.43 Å². The van der Waals surface area contributed by atoms with E-state index in [0.717, 1.165) is 10.1 Å². The Morgan fingerprint density at radius 3 is 2.57 bits per heavy atom. The average molecular weight is 324 g/mol. The van der Waals surface area contributed by atoms with Crippen molar-refractivity contribution in [1.29, 1.82) is 0 Å². The van der Waals surface area contributed by atoms with Crippen LogP contribution in [0.15, 0.2) is 15.8 Å². The zero-order valence-electron chi connectivity index (χ0n) is 13.2. The van der Waals surface area contributed by atoms with Gasteiger partial charge in [-0.15, -0.1) is 0 Å². The largest absolute Gasteiger partial charge is 0.370 e. The summed E-state index contributed by atoms with van der Waals surface area (Å²) < 4.78 is 28.2. The number of hydrogen-bond donors (Lipinski definition) is 0. The predicted molar refractivity (Wildman–Crippen MR) is 83.3 cm³/mol. The number of hydrogen-bond acceptors (Lipinski definition) is 4. The molecule has 124 valence electrons. The molecule has 3 rings (SSSR count). The van der Waals surface area contributed by atoms with E-state index < -0.39 is 23.6 Å². The highest BCUT2D eigenvalue weighted by atomic mass is 19.3. The van der Waals surface area contributed by atoms with E-state index in [1.54, 1.807) is 20.2 Å². The number of pyridine rings is 1. The molecule has 0 aromatic carbocycles. The van der Waals surface area contributed by atoms with E-state index in [0.29, 0.717) is 24.0 Å². The van der Waals surface area contributed by atoms with Crippen LogP contribution in [0, 0.1) is 12.8 Å². The van der Waals surface area contributed by atoms with Crippen LogP contribution in [0.25, 0.3) is 11.0 Å². The zero-order chi connectivity index (χ0) is 16.9. The first-order chi connectivity index (χ1) is 10.8. The Morgan fingerprint density at radius 1 is 1.26 bits per heavy atom. The molecule has 1 atom stereocenters. The highest BCUT2D eigenvalue weighted by Crippen LogP contribution is 2.32. The summed E-state index contributed by atoms with van der Waals surface area (Å²) >= 11 is 0. The molecular weight excluding hydrogens is 306 g/mol. The van der Waals surface area contributed by atoms with Crippen LogP contribution in [0.4, 0.5) is 14.5 Å². The molecule has 1 aliphatic heterocycles. The third-order valence-electron chi connectivity index (χ3n) is 4.52. The quantitative estimate of drug-likeness (QED) is 0.828. The van der Waals surface area contributed by atoms with Crippen molar-refractivity contribution < 1.29 is 8.78 Å². The lowest BCUT2D eigenvalue weighted by molar-refractivity contribution is 0.0880.